The zero-order valence-electron chi connectivity index (χ0n) is 7.67. The molecule has 6 nitrogen and oxygen atoms in total. The Bertz CT molecular complexity index is 142. The molecule has 0 spiro atoms. The van der Waals surface area contributed by atoms with Crippen molar-refractivity contribution in [2.45, 2.75) is 13.0 Å². The predicted octanol–water partition coefficient (Wildman–Crippen LogP) is -4.13. The van der Waals surface area contributed by atoms with Gasteiger partial charge in [0, 0.05) is 0 Å². The molecule has 0 aliphatic carbocycles. The van der Waals surface area contributed by atoms with Crippen LogP contribution in [-0.2, 0) is 14.0 Å². The molecule has 2 N–H and O–H groups in total. The minimum absolute atomic E-state index is 0. The van der Waals surface area contributed by atoms with Crippen LogP contribution in [0.25, 0.3) is 0 Å². The van der Waals surface area contributed by atoms with E-state index in [2.05, 4.69) is 11.7 Å². The fourth-order valence-corrected chi connectivity index (χ4v) is 0.0962. The maximum absolute atomic E-state index is 8.77. The summed E-state index contributed by atoms with van der Waals surface area (Å²) < 4.78 is 18.0. The molecule has 13 heavy (non-hydrogen) atoms. The molecule has 2 aliphatic heterocycles. The van der Waals surface area contributed by atoms with Gasteiger partial charge in [0.15, 0.2) is 0 Å². The van der Waals surface area contributed by atoms with Gasteiger partial charge in [-0.15, -0.1) is 0 Å². The van der Waals surface area contributed by atoms with Crippen molar-refractivity contribution in [3.63, 3.8) is 0 Å². The second-order valence-corrected chi connectivity index (χ2v) is 3.23. The second kappa shape index (κ2) is 8.93. The summed E-state index contributed by atoms with van der Waals surface area (Å²) in [7, 11) is -4.89. The minimum Gasteiger partial charge on any atom is -0.756 e. The first-order valence-corrected chi connectivity index (χ1v) is 4.88. The van der Waals surface area contributed by atoms with Crippen LogP contribution in [0.3, 0.4) is 0 Å². The molecule has 2 rings (SSSR count). The molecule has 0 radical (unpaired) electrons. The molecular formula is C5H12KO6P. The Kier molecular flexibility index (Phi) is 11.7. The summed E-state index contributed by atoms with van der Waals surface area (Å²) in [6.07, 6.45) is 0.583. The maximum Gasteiger partial charge on any atom is 1.00 e. The van der Waals surface area contributed by atoms with Crippen molar-refractivity contribution in [1.29, 1.82) is 0 Å². The van der Waals surface area contributed by atoms with Gasteiger partial charge < -0.3 is 24.2 Å². The van der Waals surface area contributed by atoms with E-state index < -0.39 is 7.82 Å². The van der Waals surface area contributed by atoms with Gasteiger partial charge in [0.2, 0.25) is 0 Å². The molecule has 74 valence electrons. The topological polar surface area (TPSA) is 106 Å². The Morgan fingerprint density at radius 3 is 1.62 bits per heavy atom. The van der Waals surface area contributed by atoms with Crippen LogP contribution >= 0.6 is 7.82 Å². The van der Waals surface area contributed by atoms with E-state index in [-0.39, 0.29) is 51.4 Å². The van der Waals surface area contributed by atoms with Crippen molar-refractivity contribution >= 4 is 7.82 Å². The summed E-state index contributed by atoms with van der Waals surface area (Å²) in [4.78, 5) is 22.9. The van der Waals surface area contributed by atoms with E-state index in [1.807, 2.05) is 0 Å². The Hall–Kier alpha value is 1.67. The van der Waals surface area contributed by atoms with Crippen LogP contribution in [0.1, 0.15) is 6.92 Å². The molecule has 2 fully saturated rings. The molecular weight excluding hydrogens is 226 g/mol. The maximum atomic E-state index is 8.77. The van der Waals surface area contributed by atoms with E-state index in [1.54, 1.807) is 0 Å². The summed E-state index contributed by atoms with van der Waals surface area (Å²) in [5.74, 6) is 0. The third-order valence-electron chi connectivity index (χ3n) is 0.704. The van der Waals surface area contributed by atoms with E-state index in [0.29, 0.717) is 6.10 Å². The molecule has 0 aromatic carbocycles. The number of hydrogen-bond donors (Lipinski definition) is 2. The molecule has 0 aromatic rings. The van der Waals surface area contributed by atoms with Gasteiger partial charge in [-0.25, -0.2) is 0 Å². The summed E-state index contributed by atoms with van der Waals surface area (Å²) in [5.41, 5.74) is 0. The average Bonchev–Trinajstić information content (AvgIpc) is 2.54. The quantitative estimate of drug-likeness (QED) is 0.252. The first-order valence-electron chi connectivity index (χ1n) is 3.35. The molecule has 0 amide bonds. The first-order chi connectivity index (χ1) is 5.39. The summed E-state index contributed by atoms with van der Waals surface area (Å²) >= 11 is 0. The van der Waals surface area contributed by atoms with Gasteiger partial charge in [0.05, 0.1) is 25.9 Å². The molecule has 2 saturated heterocycles. The zero-order chi connectivity index (χ0) is 9.61. The molecule has 0 saturated carbocycles. The third-order valence-corrected chi connectivity index (χ3v) is 0.704. The van der Waals surface area contributed by atoms with Gasteiger partial charge >= 0.3 is 51.4 Å². The second-order valence-electron chi connectivity index (χ2n) is 2.25. The number of ether oxygens (including phenoxy) is 2. The average molecular weight is 238 g/mol. The van der Waals surface area contributed by atoms with E-state index in [9.17, 15) is 0 Å². The molecule has 2 heterocycles. The number of phosphoric acid groups is 1. The number of rotatable bonds is 0. The van der Waals surface area contributed by atoms with Gasteiger partial charge in [-0.1, -0.05) is 0 Å². The Morgan fingerprint density at radius 1 is 1.46 bits per heavy atom. The smallest absolute Gasteiger partial charge is 0.756 e. The van der Waals surface area contributed by atoms with Crippen molar-refractivity contribution < 1.29 is 80.1 Å². The van der Waals surface area contributed by atoms with Gasteiger partial charge in [0.25, 0.3) is 7.82 Å². The van der Waals surface area contributed by atoms with E-state index in [1.165, 1.54) is 0 Å². The van der Waals surface area contributed by atoms with Crippen LogP contribution in [-0.4, -0.2) is 35.7 Å². The van der Waals surface area contributed by atoms with Crippen molar-refractivity contribution in [2.75, 3.05) is 19.8 Å². The molecule has 1 atom stereocenters. The van der Waals surface area contributed by atoms with Gasteiger partial charge in [-0.05, 0) is 6.92 Å². The summed E-state index contributed by atoms with van der Waals surface area (Å²) in [6.45, 7) is 5.04. The molecule has 2 aliphatic rings. The third kappa shape index (κ3) is 57.9. The largest absolute Gasteiger partial charge is 1.00 e. The van der Waals surface area contributed by atoms with Crippen molar-refractivity contribution in [3.05, 3.63) is 0 Å². The SMILES string of the molecule is C1CO1.CC1CO1.O=P([O-])(O)O.[K+]. The Morgan fingerprint density at radius 2 is 1.62 bits per heavy atom. The zero-order valence-corrected chi connectivity index (χ0v) is 11.7. The fraction of sp³-hybridized carbons (Fsp3) is 1.00. The van der Waals surface area contributed by atoms with Gasteiger partial charge in [0.1, 0.15) is 0 Å². The monoisotopic (exact) mass is 238 g/mol. The summed E-state index contributed by atoms with van der Waals surface area (Å²) in [6, 6.07) is 0. The summed E-state index contributed by atoms with van der Waals surface area (Å²) in [5, 5.41) is 0. The Balaban J connectivity index is 0. The first kappa shape index (κ1) is 17.1. The van der Waals surface area contributed by atoms with Gasteiger partial charge in [-0.2, -0.15) is 0 Å². The van der Waals surface area contributed by atoms with Gasteiger partial charge in [-0.3, -0.25) is 4.57 Å². The normalized spacial score (nSPS) is 22.3. The standard InChI is InChI=1S/C3H6O.C2H4O.K.H3O4P/c1-3-2-4-3;1-2-3-1;;1-5(2,3)4/h3H,2H2,1H3;1-2H2;;(H3,1,2,3,4)/q;;+1;/p-1. The van der Waals surface area contributed by atoms with Crippen LogP contribution in [0.2, 0.25) is 0 Å². The minimum atomic E-state index is -4.89. The van der Waals surface area contributed by atoms with Crippen LogP contribution in [0.15, 0.2) is 0 Å². The number of epoxide rings is 2. The van der Waals surface area contributed by atoms with E-state index >= 15 is 0 Å². The van der Waals surface area contributed by atoms with E-state index in [4.69, 9.17) is 24.0 Å². The van der Waals surface area contributed by atoms with Crippen molar-refractivity contribution in [1.82, 2.24) is 0 Å². The van der Waals surface area contributed by atoms with Crippen LogP contribution in [0, 0.1) is 0 Å². The van der Waals surface area contributed by atoms with Crippen molar-refractivity contribution in [3.8, 4) is 0 Å². The molecule has 0 aromatic heterocycles. The molecule has 8 heteroatoms. The van der Waals surface area contributed by atoms with E-state index in [0.717, 1.165) is 19.8 Å². The predicted molar refractivity (Wildman–Crippen MR) is 38.3 cm³/mol. The number of hydrogen-bond acceptors (Lipinski definition) is 4. The molecule has 0 bridgehead atoms. The van der Waals surface area contributed by atoms with Crippen LogP contribution in [0.5, 0.6) is 0 Å². The van der Waals surface area contributed by atoms with Crippen LogP contribution in [0.4, 0.5) is 0 Å². The molecule has 1 unspecified atom stereocenters. The fourth-order valence-electron chi connectivity index (χ4n) is 0.0962. The van der Waals surface area contributed by atoms with Crippen LogP contribution < -0.4 is 56.3 Å². The Labute approximate surface area is 119 Å². The van der Waals surface area contributed by atoms with Crippen molar-refractivity contribution in [2.24, 2.45) is 0 Å².